The van der Waals surface area contributed by atoms with Gasteiger partial charge in [-0.15, -0.1) is 0 Å². The molecule has 1 aliphatic heterocycles. The molecular formula is C35H25N. The number of fused-ring (bicyclic) bond motifs is 4. The lowest BCUT2D eigenvalue weighted by Crippen LogP contribution is -2.31. The molecule has 7 aromatic rings. The fraction of sp³-hybridized carbons (Fsp3) is 0.0857. The van der Waals surface area contributed by atoms with Gasteiger partial charge >= 0.3 is 0 Å². The summed E-state index contributed by atoms with van der Waals surface area (Å²) in [5, 5.41) is 10.5. The van der Waals surface area contributed by atoms with E-state index in [1.54, 1.807) is 0 Å². The lowest BCUT2D eigenvalue weighted by atomic mass is 9.72. The first-order chi connectivity index (χ1) is 17.6. The fourth-order valence-corrected chi connectivity index (χ4v) is 6.63. The molecular weight excluding hydrogens is 434 g/mol. The van der Waals surface area contributed by atoms with Gasteiger partial charge in [0, 0.05) is 16.2 Å². The van der Waals surface area contributed by atoms with E-state index in [0.717, 1.165) is 0 Å². The predicted octanol–water partition coefficient (Wildman–Crippen LogP) is 9.85. The minimum absolute atomic E-state index is 0.128. The number of rotatable bonds is 1. The van der Waals surface area contributed by atoms with Crippen LogP contribution in [-0.4, -0.2) is 0 Å². The van der Waals surface area contributed by atoms with Crippen molar-refractivity contribution in [3.63, 3.8) is 0 Å². The highest BCUT2D eigenvalue weighted by atomic mass is 15.2. The lowest BCUT2D eigenvalue weighted by molar-refractivity contribution is 0.634. The maximum absolute atomic E-state index is 2.53. The molecule has 0 saturated carbocycles. The normalized spacial score (nSPS) is 14.6. The lowest BCUT2D eigenvalue weighted by Gasteiger charge is -2.43. The van der Waals surface area contributed by atoms with Crippen LogP contribution >= 0.6 is 0 Å². The summed E-state index contributed by atoms with van der Waals surface area (Å²) in [7, 11) is 0. The van der Waals surface area contributed by atoms with E-state index < -0.39 is 0 Å². The van der Waals surface area contributed by atoms with Crippen LogP contribution in [0.4, 0.5) is 17.1 Å². The molecule has 36 heavy (non-hydrogen) atoms. The Morgan fingerprint density at radius 3 is 2.00 bits per heavy atom. The van der Waals surface area contributed by atoms with Crippen molar-refractivity contribution in [1.29, 1.82) is 0 Å². The Labute approximate surface area is 210 Å². The first-order valence-corrected chi connectivity index (χ1v) is 12.7. The molecule has 0 atom stereocenters. The second-order valence-electron chi connectivity index (χ2n) is 10.6. The summed E-state index contributed by atoms with van der Waals surface area (Å²) >= 11 is 0. The number of para-hydroxylation sites is 1. The molecule has 0 fully saturated rings. The van der Waals surface area contributed by atoms with E-state index in [9.17, 15) is 0 Å². The van der Waals surface area contributed by atoms with E-state index in [1.165, 1.54) is 71.3 Å². The molecule has 0 unspecified atom stereocenters. The average Bonchev–Trinajstić information content (AvgIpc) is 2.92. The Kier molecular flexibility index (Phi) is 3.79. The maximum atomic E-state index is 2.53. The van der Waals surface area contributed by atoms with Crippen LogP contribution in [-0.2, 0) is 5.41 Å². The van der Waals surface area contributed by atoms with Crippen molar-refractivity contribution < 1.29 is 0 Å². The number of nitrogens with zero attached hydrogens (tertiary/aromatic N) is 1. The molecule has 0 bridgehead atoms. The first kappa shape index (κ1) is 19.9. The van der Waals surface area contributed by atoms with Crippen molar-refractivity contribution in [2.45, 2.75) is 19.3 Å². The highest BCUT2D eigenvalue weighted by molar-refractivity contribution is 6.27. The van der Waals surface area contributed by atoms with Gasteiger partial charge in [0.25, 0.3) is 0 Å². The standard InChI is InChI=1S/C35H25N/c1-35(2)28-14-5-6-15-31(28)36(30-16-8-10-22-9-3-4-13-26(22)30)34-27-20-19-24-12-7-11-23-17-18-25(21-29(34)35)33(27)32(23)24/h3-21H,1-2H3. The van der Waals surface area contributed by atoms with Crippen molar-refractivity contribution in [1.82, 2.24) is 0 Å². The van der Waals surface area contributed by atoms with Crippen LogP contribution < -0.4 is 4.90 Å². The van der Waals surface area contributed by atoms with E-state index in [-0.39, 0.29) is 5.41 Å². The zero-order valence-electron chi connectivity index (χ0n) is 20.4. The van der Waals surface area contributed by atoms with Gasteiger partial charge in [0.05, 0.1) is 17.1 Å². The van der Waals surface area contributed by atoms with Gasteiger partial charge in [-0.1, -0.05) is 111 Å². The molecule has 7 aromatic carbocycles. The Balaban J connectivity index is 1.60. The molecule has 1 heteroatoms. The molecule has 0 radical (unpaired) electrons. The Hall–Kier alpha value is -4.36. The minimum atomic E-state index is -0.128. The minimum Gasteiger partial charge on any atom is -0.309 e. The zero-order chi connectivity index (χ0) is 24.0. The van der Waals surface area contributed by atoms with Crippen LogP contribution in [0.2, 0.25) is 0 Å². The number of hydrogen-bond donors (Lipinski definition) is 0. The van der Waals surface area contributed by atoms with E-state index in [2.05, 4.69) is 134 Å². The topological polar surface area (TPSA) is 3.24 Å². The van der Waals surface area contributed by atoms with Gasteiger partial charge in [0.2, 0.25) is 0 Å². The molecule has 0 saturated heterocycles. The molecule has 0 aromatic heterocycles. The number of benzene rings is 7. The summed E-state index contributed by atoms with van der Waals surface area (Å²) in [5.41, 5.74) is 6.41. The molecule has 8 rings (SSSR count). The smallest absolute Gasteiger partial charge is 0.0581 e. The van der Waals surface area contributed by atoms with Crippen molar-refractivity contribution in [3.05, 3.63) is 126 Å². The van der Waals surface area contributed by atoms with Gasteiger partial charge in [-0.3, -0.25) is 0 Å². The predicted molar refractivity (Wildman–Crippen MR) is 154 cm³/mol. The molecule has 170 valence electrons. The summed E-state index contributed by atoms with van der Waals surface area (Å²) in [6.45, 7) is 4.76. The molecule has 0 N–H and O–H groups in total. The Morgan fingerprint density at radius 1 is 0.472 bits per heavy atom. The summed E-state index contributed by atoms with van der Waals surface area (Å²) < 4.78 is 0. The van der Waals surface area contributed by atoms with E-state index >= 15 is 0 Å². The third-order valence-corrected chi connectivity index (χ3v) is 8.34. The van der Waals surface area contributed by atoms with Crippen molar-refractivity contribution in [2.24, 2.45) is 0 Å². The maximum Gasteiger partial charge on any atom is 0.0581 e. The third-order valence-electron chi connectivity index (χ3n) is 8.34. The van der Waals surface area contributed by atoms with Crippen LogP contribution in [0.25, 0.3) is 43.1 Å². The highest BCUT2D eigenvalue weighted by Crippen LogP contribution is 2.56. The van der Waals surface area contributed by atoms with Gasteiger partial charge in [0.1, 0.15) is 0 Å². The average molecular weight is 460 g/mol. The van der Waals surface area contributed by atoms with E-state index in [0.29, 0.717) is 0 Å². The van der Waals surface area contributed by atoms with Crippen molar-refractivity contribution in [2.75, 3.05) is 4.90 Å². The second-order valence-corrected chi connectivity index (χ2v) is 10.6. The Morgan fingerprint density at radius 2 is 1.11 bits per heavy atom. The summed E-state index contributed by atoms with van der Waals surface area (Å²) in [5.74, 6) is 0. The SMILES string of the molecule is CC1(C)c2ccccc2N(c2cccc3ccccc23)c2c1cc1ccc3cccc4ccc2c1c34. The van der Waals surface area contributed by atoms with Crippen LogP contribution in [0.5, 0.6) is 0 Å². The monoisotopic (exact) mass is 459 g/mol. The number of anilines is 3. The third kappa shape index (κ3) is 2.45. The molecule has 1 heterocycles. The van der Waals surface area contributed by atoms with Crippen LogP contribution in [0.3, 0.4) is 0 Å². The van der Waals surface area contributed by atoms with E-state index in [4.69, 9.17) is 0 Å². The molecule has 1 nitrogen and oxygen atoms in total. The molecule has 1 aliphatic rings. The van der Waals surface area contributed by atoms with Gasteiger partial charge in [0.15, 0.2) is 0 Å². The summed E-state index contributed by atoms with van der Waals surface area (Å²) in [6, 6.07) is 42.7. The van der Waals surface area contributed by atoms with Gasteiger partial charge in [-0.25, -0.2) is 0 Å². The Bertz CT molecular complexity index is 1960. The second kappa shape index (κ2) is 6.86. The molecule has 0 amide bonds. The summed E-state index contributed by atoms with van der Waals surface area (Å²) in [4.78, 5) is 2.53. The largest absolute Gasteiger partial charge is 0.309 e. The zero-order valence-corrected chi connectivity index (χ0v) is 20.4. The van der Waals surface area contributed by atoms with Crippen LogP contribution in [0, 0.1) is 0 Å². The van der Waals surface area contributed by atoms with Crippen molar-refractivity contribution in [3.8, 4) is 0 Å². The molecule has 0 aliphatic carbocycles. The van der Waals surface area contributed by atoms with Gasteiger partial charge in [-0.2, -0.15) is 0 Å². The van der Waals surface area contributed by atoms with Gasteiger partial charge < -0.3 is 4.90 Å². The van der Waals surface area contributed by atoms with Crippen LogP contribution in [0.15, 0.2) is 115 Å². The van der Waals surface area contributed by atoms with Gasteiger partial charge in [-0.05, 0) is 61.6 Å². The number of hydrogen-bond acceptors (Lipinski definition) is 1. The highest BCUT2D eigenvalue weighted by Gasteiger charge is 2.38. The summed E-state index contributed by atoms with van der Waals surface area (Å²) in [6.07, 6.45) is 0. The van der Waals surface area contributed by atoms with E-state index in [1.807, 2.05) is 0 Å². The fourth-order valence-electron chi connectivity index (χ4n) is 6.63. The van der Waals surface area contributed by atoms with Crippen molar-refractivity contribution >= 4 is 60.2 Å². The van der Waals surface area contributed by atoms with Crippen LogP contribution in [0.1, 0.15) is 25.0 Å². The first-order valence-electron chi connectivity index (χ1n) is 12.7. The molecule has 0 spiro atoms. The quantitative estimate of drug-likeness (QED) is 0.221.